The lowest BCUT2D eigenvalue weighted by molar-refractivity contribution is -0.128. The molecule has 0 aromatic carbocycles. The van der Waals surface area contributed by atoms with Crippen molar-refractivity contribution in [1.29, 1.82) is 0 Å². The van der Waals surface area contributed by atoms with Crippen LogP contribution in [-0.2, 0) is 4.79 Å². The third kappa shape index (κ3) is 7.65. The predicted octanol–water partition coefficient (Wildman–Crippen LogP) is 0.948. The van der Waals surface area contributed by atoms with Crippen LogP contribution in [0.2, 0.25) is 0 Å². The van der Waals surface area contributed by atoms with Gasteiger partial charge in [-0.25, -0.2) is 0 Å². The molecule has 0 aliphatic carbocycles. The van der Waals surface area contributed by atoms with Gasteiger partial charge in [-0.05, 0) is 33.4 Å². The highest BCUT2D eigenvalue weighted by atomic mass is 16.3. The standard InChI is InChI=1S/C12H26N2O2/c1-6-14(10-12(2,3)16)9-7-8-11(15)13(4)5/h16H,6-10H2,1-5H3. The molecule has 0 aliphatic rings. The molecule has 0 bridgehead atoms. The lowest BCUT2D eigenvalue weighted by atomic mass is 10.1. The first kappa shape index (κ1) is 15.4. The molecular weight excluding hydrogens is 204 g/mol. The van der Waals surface area contributed by atoms with Gasteiger partial charge in [-0.1, -0.05) is 6.92 Å². The highest BCUT2D eigenvalue weighted by Gasteiger charge is 2.17. The molecule has 0 aromatic rings. The Kier molecular flexibility index (Phi) is 6.60. The van der Waals surface area contributed by atoms with E-state index in [9.17, 15) is 9.90 Å². The van der Waals surface area contributed by atoms with Gasteiger partial charge in [-0.15, -0.1) is 0 Å². The molecule has 0 heterocycles. The number of hydrogen-bond donors (Lipinski definition) is 1. The number of carbonyl (C=O) groups is 1. The Bertz CT molecular complexity index is 210. The van der Waals surface area contributed by atoms with Crippen LogP contribution in [0.25, 0.3) is 0 Å². The lowest BCUT2D eigenvalue weighted by Crippen LogP contribution is -2.39. The topological polar surface area (TPSA) is 43.8 Å². The van der Waals surface area contributed by atoms with Crippen molar-refractivity contribution in [2.75, 3.05) is 33.7 Å². The first-order chi connectivity index (χ1) is 7.26. The smallest absolute Gasteiger partial charge is 0.222 e. The number of likely N-dealkylation sites (N-methyl/N-ethyl adjacent to an activating group) is 1. The predicted molar refractivity (Wildman–Crippen MR) is 66.3 cm³/mol. The molecule has 0 saturated carbocycles. The van der Waals surface area contributed by atoms with Crippen molar-refractivity contribution < 1.29 is 9.90 Å². The summed E-state index contributed by atoms with van der Waals surface area (Å²) in [6.07, 6.45) is 1.43. The Morgan fingerprint density at radius 1 is 1.31 bits per heavy atom. The van der Waals surface area contributed by atoms with Crippen molar-refractivity contribution in [3.8, 4) is 0 Å². The van der Waals surface area contributed by atoms with Gasteiger partial charge in [0, 0.05) is 27.1 Å². The zero-order chi connectivity index (χ0) is 12.8. The van der Waals surface area contributed by atoms with E-state index < -0.39 is 5.60 Å². The van der Waals surface area contributed by atoms with Crippen molar-refractivity contribution in [2.24, 2.45) is 0 Å². The maximum absolute atomic E-state index is 11.4. The molecule has 4 heteroatoms. The highest BCUT2D eigenvalue weighted by molar-refractivity contribution is 5.75. The SMILES string of the molecule is CCN(CCCC(=O)N(C)C)CC(C)(C)O. The van der Waals surface area contributed by atoms with E-state index in [2.05, 4.69) is 11.8 Å². The van der Waals surface area contributed by atoms with Crippen molar-refractivity contribution in [3.05, 3.63) is 0 Å². The fraction of sp³-hybridized carbons (Fsp3) is 0.917. The maximum atomic E-state index is 11.4. The summed E-state index contributed by atoms with van der Waals surface area (Å²) in [6.45, 7) is 8.10. The third-order valence-corrected chi connectivity index (χ3v) is 2.42. The van der Waals surface area contributed by atoms with E-state index in [-0.39, 0.29) is 5.91 Å². The van der Waals surface area contributed by atoms with Gasteiger partial charge in [0.05, 0.1) is 5.60 Å². The molecule has 0 rings (SSSR count). The Hall–Kier alpha value is -0.610. The highest BCUT2D eigenvalue weighted by Crippen LogP contribution is 2.06. The Balaban J connectivity index is 3.84. The largest absolute Gasteiger partial charge is 0.389 e. The van der Waals surface area contributed by atoms with E-state index in [1.54, 1.807) is 32.8 Å². The van der Waals surface area contributed by atoms with Gasteiger partial charge < -0.3 is 14.9 Å². The zero-order valence-corrected chi connectivity index (χ0v) is 11.3. The summed E-state index contributed by atoms with van der Waals surface area (Å²) >= 11 is 0. The van der Waals surface area contributed by atoms with E-state index in [4.69, 9.17) is 0 Å². The molecule has 0 aromatic heterocycles. The van der Waals surface area contributed by atoms with Crippen molar-refractivity contribution >= 4 is 5.91 Å². The summed E-state index contributed by atoms with van der Waals surface area (Å²) in [5, 5.41) is 9.70. The van der Waals surface area contributed by atoms with Crippen LogP contribution >= 0.6 is 0 Å². The van der Waals surface area contributed by atoms with Crippen LogP contribution in [0.3, 0.4) is 0 Å². The van der Waals surface area contributed by atoms with Gasteiger partial charge in [-0.2, -0.15) is 0 Å². The second-order valence-electron chi connectivity index (χ2n) is 5.07. The first-order valence-electron chi connectivity index (χ1n) is 5.91. The number of aliphatic hydroxyl groups is 1. The fourth-order valence-corrected chi connectivity index (χ4v) is 1.57. The van der Waals surface area contributed by atoms with E-state index >= 15 is 0 Å². The Morgan fingerprint density at radius 2 is 1.88 bits per heavy atom. The number of hydrogen-bond acceptors (Lipinski definition) is 3. The minimum atomic E-state index is -0.665. The van der Waals surface area contributed by atoms with Crippen LogP contribution in [-0.4, -0.2) is 60.1 Å². The van der Waals surface area contributed by atoms with Crippen molar-refractivity contribution in [1.82, 2.24) is 9.80 Å². The summed E-state index contributed by atoms with van der Waals surface area (Å²) in [6, 6.07) is 0. The number of nitrogens with zero attached hydrogens (tertiary/aromatic N) is 2. The molecule has 96 valence electrons. The van der Waals surface area contributed by atoms with Crippen LogP contribution in [0.5, 0.6) is 0 Å². The molecule has 0 saturated heterocycles. The minimum Gasteiger partial charge on any atom is -0.389 e. The van der Waals surface area contributed by atoms with Gasteiger partial charge >= 0.3 is 0 Å². The molecule has 0 spiro atoms. The van der Waals surface area contributed by atoms with Crippen LogP contribution in [0.4, 0.5) is 0 Å². The number of rotatable bonds is 7. The molecule has 0 atom stereocenters. The summed E-state index contributed by atoms with van der Waals surface area (Å²) in [7, 11) is 3.55. The molecule has 0 radical (unpaired) electrons. The maximum Gasteiger partial charge on any atom is 0.222 e. The third-order valence-electron chi connectivity index (χ3n) is 2.42. The molecule has 1 amide bonds. The average molecular weight is 230 g/mol. The molecule has 16 heavy (non-hydrogen) atoms. The van der Waals surface area contributed by atoms with E-state index in [0.29, 0.717) is 13.0 Å². The molecule has 0 unspecified atom stereocenters. The van der Waals surface area contributed by atoms with Crippen molar-refractivity contribution in [2.45, 2.75) is 39.2 Å². The van der Waals surface area contributed by atoms with Crippen LogP contribution in [0, 0.1) is 0 Å². The molecular formula is C12H26N2O2. The van der Waals surface area contributed by atoms with E-state index in [1.807, 2.05) is 0 Å². The van der Waals surface area contributed by atoms with Gasteiger partial charge in [0.15, 0.2) is 0 Å². The second-order valence-corrected chi connectivity index (χ2v) is 5.07. The lowest BCUT2D eigenvalue weighted by Gasteiger charge is -2.27. The first-order valence-corrected chi connectivity index (χ1v) is 5.91. The number of amides is 1. The van der Waals surface area contributed by atoms with Crippen LogP contribution in [0.1, 0.15) is 33.6 Å². The van der Waals surface area contributed by atoms with E-state index in [0.717, 1.165) is 19.5 Å². The quantitative estimate of drug-likeness (QED) is 0.708. The summed E-state index contributed by atoms with van der Waals surface area (Å²) in [5.41, 5.74) is -0.665. The molecule has 0 fully saturated rings. The van der Waals surface area contributed by atoms with Gasteiger partial charge in [0.2, 0.25) is 5.91 Å². The normalized spacial score (nSPS) is 11.9. The monoisotopic (exact) mass is 230 g/mol. The average Bonchev–Trinajstić information content (AvgIpc) is 2.13. The van der Waals surface area contributed by atoms with Crippen LogP contribution < -0.4 is 0 Å². The zero-order valence-electron chi connectivity index (χ0n) is 11.3. The summed E-state index contributed by atoms with van der Waals surface area (Å²) < 4.78 is 0. The Morgan fingerprint density at radius 3 is 2.25 bits per heavy atom. The number of carbonyl (C=O) groups excluding carboxylic acids is 1. The summed E-state index contributed by atoms with van der Waals surface area (Å²) in [5.74, 6) is 0.166. The summed E-state index contributed by atoms with van der Waals surface area (Å²) in [4.78, 5) is 15.1. The molecule has 4 nitrogen and oxygen atoms in total. The Labute approximate surface area is 99.2 Å². The second kappa shape index (κ2) is 6.86. The van der Waals surface area contributed by atoms with Gasteiger partial charge in [0.1, 0.15) is 0 Å². The van der Waals surface area contributed by atoms with Gasteiger partial charge in [0.25, 0.3) is 0 Å². The molecule has 0 aliphatic heterocycles. The van der Waals surface area contributed by atoms with E-state index in [1.165, 1.54) is 0 Å². The van der Waals surface area contributed by atoms with Crippen LogP contribution in [0.15, 0.2) is 0 Å². The molecule has 1 N–H and O–H groups in total. The van der Waals surface area contributed by atoms with Crippen molar-refractivity contribution in [3.63, 3.8) is 0 Å². The fourth-order valence-electron chi connectivity index (χ4n) is 1.57. The van der Waals surface area contributed by atoms with Gasteiger partial charge in [-0.3, -0.25) is 4.79 Å². The minimum absolute atomic E-state index is 0.166.